The maximum absolute atomic E-state index is 13.1. The van der Waals surface area contributed by atoms with Crippen molar-refractivity contribution in [2.75, 3.05) is 5.32 Å². The molecule has 0 spiro atoms. The molecule has 0 aliphatic heterocycles. The molecule has 0 bridgehead atoms. The van der Waals surface area contributed by atoms with E-state index in [1.165, 1.54) is 18.4 Å². The van der Waals surface area contributed by atoms with Gasteiger partial charge in [0.1, 0.15) is 11.9 Å². The van der Waals surface area contributed by atoms with Gasteiger partial charge in [-0.15, -0.1) is 0 Å². The molecule has 156 valence electrons. The van der Waals surface area contributed by atoms with Crippen molar-refractivity contribution in [2.24, 2.45) is 0 Å². The van der Waals surface area contributed by atoms with Crippen LogP contribution < -0.4 is 10.6 Å². The van der Waals surface area contributed by atoms with Crippen LogP contribution in [0.4, 0.5) is 10.1 Å². The van der Waals surface area contributed by atoms with Gasteiger partial charge in [0, 0.05) is 16.8 Å². The number of rotatable bonds is 6. The van der Waals surface area contributed by atoms with Crippen LogP contribution in [0.1, 0.15) is 39.8 Å². The number of aromatic nitrogens is 2. The summed E-state index contributed by atoms with van der Waals surface area (Å²) in [5, 5.41) is 9.32. The summed E-state index contributed by atoms with van der Waals surface area (Å²) in [5.74, 6) is -0.389. The van der Waals surface area contributed by atoms with Gasteiger partial charge in [0.2, 0.25) is 11.7 Å². The zero-order valence-electron chi connectivity index (χ0n) is 16.3. The van der Waals surface area contributed by atoms with Crippen LogP contribution in [0.5, 0.6) is 0 Å². The standard InChI is InChI=1S/C22H17FN4O4/c1-13(22-26-19(27-31-22)14-4-8-16(23)9-5-14)24-20(28)15-6-10-17(11-7-15)25-21(29)18-3-2-12-30-18/h2-13H,1H3,(H,24,28)(H,25,29). The Kier molecular flexibility index (Phi) is 5.57. The molecule has 1 atom stereocenters. The molecule has 8 nitrogen and oxygen atoms in total. The molecule has 0 saturated carbocycles. The normalized spacial score (nSPS) is 11.7. The highest BCUT2D eigenvalue weighted by Crippen LogP contribution is 2.19. The Balaban J connectivity index is 1.37. The van der Waals surface area contributed by atoms with E-state index in [0.29, 0.717) is 22.6 Å². The number of carbonyl (C=O) groups is 2. The van der Waals surface area contributed by atoms with E-state index in [9.17, 15) is 14.0 Å². The van der Waals surface area contributed by atoms with Crippen molar-refractivity contribution in [1.82, 2.24) is 15.5 Å². The Bertz CT molecular complexity index is 1190. The number of halogens is 1. The largest absolute Gasteiger partial charge is 0.459 e. The third kappa shape index (κ3) is 4.67. The van der Waals surface area contributed by atoms with Crippen LogP contribution in [-0.2, 0) is 0 Å². The van der Waals surface area contributed by atoms with Crippen LogP contribution in [0.2, 0.25) is 0 Å². The van der Waals surface area contributed by atoms with E-state index in [1.54, 1.807) is 55.5 Å². The number of nitrogens with zero attached hydrogens (tertiary/aromatic N) is 2. The molecule has 9 heteroatoms. The van der Waals surface area contributed by atoms with Gasteiger partial charge in [-0.05, 0) is 67.6 Å². The average molecular weight is 420 g/mol. The summed E-state index contributed by atoms with van der Waals surface area (Å²) in [6.07, 6.45) is 1.41. The molecule has 0 aliphatic rings. The molecular weight excluding hydrogens is 403 g/mol. The number of benzene rings is 2. The highest BCUT2D eigenvalue weighted by atomic mass is 19.1. The van der Waals surface area contributed by atoms with Crippen LogP contribution in [-0.4, -0.2) is 22.0 Å². The first-order valence-electron chi connectivity index (χ1n) is 9.35. The molecule has 4 rings (SSSR count). The third-order valence-corrected chi connectivity index (χ3v) is 4.41. The molecule has 0 aliphatic carbocycles. The van der Waals surface area contributed by atoms with Gasteiger partial charge in [-0.3, -0.25) is 9.59 Å². The number of hydrogen-bond acceptors (Lipinski definition) is 6. The van der Waals surface area contributed by atoms with Crippen molar-refractivity contribution in [3.05, 3.63) is 90.0 Å². The molecule has 2 amide bonds. The van der Waals surface area contributed by atoms with Crippen LogP contribution in [0.3, 0.4) is 0 Å². The molecule has 2 aromatic carbocycles. The molecule has 0 fully saturated rings. The second kappa shape index (κ2) is 8.62. The monoisotopic (exact) mass is 420 g/mol. The number of nitrogens with one attached hydrogen (secondary N) is 2. The van der Waals surface area contributed by atoms with Gasteiger partial charge >= 0.3 is 0 Å². The van der Waals surface area contributed by atoms with E-state index >= 15 is 0 Å². The highest BCUT2D eigenvalue weighted by molar-refractivity contribution is 6.02. The SMILES string of the molecule is CC(NC(=O)c1ccc(NC(=O)c2ccco2)cc1)c1nc(-c2ccc(F)cc2)no1. The summed E-state index contributed by atoms with van der Waals surface area (Å²) in [4.78, 5) is 28.8. The molecule has 2 N–H and O–H groups in total. The topological polar surface area (TPSA) is 110 Å². The Morgan fingerprint density at radius 2 is 1.74 bits per heavy atom. The van der Waals surface area contributed by atoms with Gasteiger partial charge in [-0.25, -0.2) is 4.39 Å². The first-order valence-corrected chi connectivity index (χ1v) is 9.35. The number of amides is 2. The number of carbonyl (C=O) groups excluding carboxylic acids is 2. The van der Waals surface area contributed by atoms with Gasteiger partial charge in [0.05, 0.1) is 6.26 Å². The van der Waals surface area contributed by atoms with Crippen molar-refractivity contribution in [3.63, 3.8) is 0 Å². The number of hydrogen-bond donors (Lipinski definition) is 2. The van der Waals surface area contributed by atoms with E-state index in [4.69, 9.17) is 8.94 Å². The van der Waals surface area contributed by atoms with Gasteiger partial charge < -0.3 is 19.6 Å². The molecule has 31 heavy (non-hydrogen) atoms. The summed E-state index contributed by atoms with van der Waals surface area (Å²) < 4.78 is 23.3. The predicted octanol–water partition coefficient (Wildman–Crippen LogP) is 4.21. The maximum atomic E-state index is 13.1. The average Bonchev–Trinajstić information content (AvgIpc) is 3.47. The lowest BCUT2D eigenvalue weighted by Crippen LogP contribution is -2.26. The number of furan rings is 1. The van der Waals surface area contributed by atoms with E-state index in [2.05, 4.69) is 20.8 Å². The van der Waals surface area contributed by atoms with Gasteiger partial charge in [-0.1, -0.05) is 5.16 Å². The molecular formula is C22H17FN4O4. The van der Waals surface area contributed by atoms with Crippen LogP contribution in [0, 0.1) is 5.82 Å². The quantitative estimate of drug-likeness (QED) is 0.483. The minimum Gasteiger partial charge on any atom is -0.459 e. The Hall–Kier alpha value is -4.27. The lowest BCUT2D eigenvalue weighted by atomic mass is 10.1. The first kappa shape index (κ1) is 20.0. The molecule has 2 aromatic heterocycles. The zero-order chi connectivity index (χ0) is 21.8. The molecule has 0 radical (unpaired) electrons. The minimum atomic E-state index is -0.549. The molecule has 2 heterocycles. The van der Waals surface area contributed by atoms with Crippen LogP contribution in [0.25, 0.3) is 11.4 Å². The second-order valence-electron chi connectivity index (χ2n) is 6.67. The number of anilines is 1. The van der Waals surface area contributed by atoms with Gasteiger partial charge in [0.15, 0.2) is 5.76 Å². The first-order chi connectivity index (χ1) is 15.0. The van der Waals surface area contributed by atoms with Crippen molar-refractivity contribution in [1.29, 1.82) is 0 Å². The zero-order valence-corrected chi connectivity index (χ0v) is 16.3. The fourth-order valence-corrected chi connectivity index (χ4v) is 2.77. The van der Waals surface area contributed by atoms with Crippen molar-refractivity contribution < 1.29 is 22.9 Å². The predicted molar refractivity (Wildman–Crippen MR) is 109 cm³/mol. The molecule has 0 saturated heterocycles. The van der Waals surface area contributed by atoms with E-state index in [1.807, 2.05) is 0 Å². The highest BCUT2D eigenvalue weighted by Gasteiger charge is 2.18. The maximum Gasteiger partial charge on any atom is 0.291 e. The van der Waals surface area contributed by atoms with Crippen LogP contribution >= 0.6 is 0 Å². The minimum absolute atomic E-state index is 0.190. The molecule has 1 unspecified atom stereocenters. The Morgan fingerprint density at radius 3 is 2.42 bits per heavy atom. The molecule has 4 aromatic rings. The summed E-state index contributed by atoms with van der Waals surface area (Å²) in [6.45, 7) is 1.71. The van der Waals surface area contributed by atoms with E-state index in [0.717, 1.165) is 0 Å². The summed E-state index contributed by atoms with van der Waals surface area (Å²) >= 11 is 0. The van der Waals surface area contributed by atoms with Crippen molar-refractivity contribution in [3.8, 4) is 11.4 Å². The second-order valence-corrected chi connectivity index (χ2v) is 6.67. The summed E-state index contributed by atoms with van der Waals surface area (Å²) in [7, 11) is 0. The Labute approximate surface area is 176 Å². The van der Waals surface area contributed by atoms with Gasteiger partial charge in [-0.2, -0.15) is 4.98 Å². The third-order valence-electron chi connectivity index (χ3n) is 4.41. The fraction of sp³-hybridized carbons (Fsp3) is 0.0909. The van der Waals surface area contributed by atoms with Crippen molar-refractivity contribution in [2.45, 2.75) is 13.0 Å². The Morgan fingerprint density at radius 1 is 1.00 bits per heavy atom. The van der Waals surface area contributed by atoms with E-state index < -0.39 is 6.04 Å². The van der Waals surface area contributed by atoms with E-state index in [-0.39, 0.29) is 29.3 Å². The smallest absolute Gasteiger partial charge is 0.291 e. The lowest BCUT2D eigenvalue weighted by molar-refractivity contribution is 0.0932. The van der Waals surface area contributed by atoms with Crippen molar-refractivity contribution >= 4 is 17.5 Å². The fourth-order valence-electron chi connectivity index (χ4n) is 2.77. The summed E-state index contributed by atoms with van der Waals surface area (Å²) in [6, 6.07) is 14.7. The van der Waals surface area contributed by atoms with Crippen LogP contribution in [0.15, 0.2) is 75.9 Å². The van der Waals surface area contributed by atoms with Gasteiger partial charge in [0.25, 0.3) is 11.8 Å². The lowest BCUT2D eigenvalue weighted by Gasteiger charge is -2.10. The summed E-state index contributed by atoms with van der Waals surface area (Å²) in [5.41, 5.74) is 1.51.